The number of aromatic nitrogens is 1. The van der Waals surface area contributed by atoms with Gasteiger partial charge in [-0.25, -0.2) is 4.98 Å². The highest BCUT2D eigenvalue weighted by atomic mass is 32.1. The molecule has 0 aliphatic rings. The summed E-state index contributed by atoms with van der Waals surface area (Å²) in [7, 11) is 0. The Morgan fingerprint density at radius 2 is 1.90 bits per heavy atom. The van der Waals surface area contributed by atoms with E-state index in [-0.39, 0.29) is 0 Å². The number of rotatable bonds is 5. The summed E-state index contributed by atoms with van der Waals surface area (Å²) in [6, 6.07) is 8.96. The Labute approximate surface area is 172 Å². The van der Waals surface area contributed by atoms with Gasteiger partial charge < -0.3 is 0 Å². The summed E-state index contributed by atoms with van der Waals surface area (Å²) in [6.45, 7) is 9.54. The fraction of sp³-hybridized carbons (Fsp3) is 0.304. The van der Waals surface area contributed by atoms with Crippen molar-refractivity contribution in [2.24, 2.45) is 0 Å². The van der Waals surface area contributed by atoms with E-state index in [9.17, 15) is 13.2 Å². The number of hydrogen-bond acceptors (Lipinski definition) is 3. The van der Waals surface area contributed by atoms with Crippen LogP contribution in [0.2, 0.25) is 0 Å². The molecule has 0 fully saturated rings. The van der Waals surface area contributed by atoms with Gasteiger partial charge in [0, 0.05) is 27.3 Å². The van der Waals surface area contributed by atoms with Crippen molar-refractivity contribution in [1.82, 2.24) is 4.98 Å². The second-order valence-electron chi connectivity index (χ2n) is 7.25. The topological polar surface area (TPSA) is 36.7 Å². The zero-order valence-corrected chi connectivity index (χ0v) is 17.4. The summed E-state index contributed by atoms with van der Waals surface area (Å²) in [5.41, 5.74) is 4.37. The Kier molecular flexibility index (Phi) is 5.81. The number of nitrogens with zero attached hydrogens (tertiary/aromatic N) is 2. The van der Waals surface area contributed by atoms with Crippen LogP contribution in [0.4, 0.5) is 13.2 Å². The maximum Gasteiger partial charge on any atom is 0.433 e. The zero-order chi connectivity index (χ0) is 21.3. The molecule has 2 nitrogen and oxygen atoms in total. The van der Waals surface area contributed by atoms with Crippen molar-refractivity contribution in [3.05, 3.63) is 74.9 Å². The van der Waals surface area contributed by atoms with Gasteiger partial charge in [0.05, 0.1) is 6.07 Å². The van der Waals surface area contributed by atoms with Crippen molar-refractivity contribution in [1.29, 1.82) is 5.26 Å². The predicted octanol–water partition coefficient (Wildman–Crippen LogP) is 6.65. The van der Waals surface area contributed by atoms with Crippen molar-refractivity contribution >= 4 is 21.4 Å². The molecule has 0 aliphatic heterocycles. The second-order valence-corrected chi connectivity index (χ2v) is 8.51. The van der Waals surface area contributed by atoms with Crippen LogP contribution in [0.15, 0.2) is 36.4 Å². The van der Waals surface area contributed by atoms with Crippen LogP contribution in [0.3, 0.4) is 0 Å². The molecule has 0 atom stereocenters. The normalized spacial score (nSPS) is 11.6. The lowest BCUT2D eigenvalue weighted by atomic mass is 9.96. The molecule has 0 N–H and O–H groups in total. The molecule has 0 spiro atoms. The predicted molar refractivity (Wildman–Crippen MR) is 111 cm³/mol. The third kappa shape index (κ3) is 4.51. The summed E-state index contributed by atoms with van der Waals surface area (Å²) >= 11 is 1.70. The maximum absolute atomic E-state index is 12.8. The van der Waals surface area contributed by atoms with Gasteiger partial charge in [0.1, 0.15) is 5.69 Å². The molecule has 0 radical (unpaired) electrons. The Morgan fingerprint density at radius 1 is 1.17 bits per heavy atom. The van der Waals surface area contributed by atoms with Gasteiger partial charge in [0.25, 0.3) is 0 Å². The van der Waals surface area contributed by atoms with Gasteiger partial charge in [-0.3, -0.25) is 0 Å². The van der Waals surface area contributed by atoms with Gasteiger partial charge in [-0.1, -0.05) is 18.7 Å². The summed E-state index contributed by atoms with van der Waals surface area (Å²) in [6.07, 6.45) is -2.51. The van der Waals surface area contributed by atoms with E-state index in [4.69, 9.17) is 5.26 Å². The van der Waals surface area contributed by atoms with Crippen LogP contribution in [-0.4, -0.2) is 4.98 Å². The molecule has 0 unspecified atom stereocenters. The average Bonchev–Trinajstić information content (AvgIpc) is 2.95. The molecule has 3 aromatic rings. The SMILES string of the molecule is C=C(C#N)Cc1c(C)sc2cc(CCc3ccc(C(F)(F)F)nc3C)cc(C)c12. The summed E-state index contributed by atoms with van der Waals surface area (Å²) in [5.74, 6) is 0. The van der Waals surface area contributed by atoms with E-state index in [1.54, 1.807) is 18.3 Å². The summed E-state index contributed by atoms with van der Waals surface area (Å²) in [5, 5.41) is 10.2. The molecule has 0 saturated carbocycles. The third-order valence-corrected chi connectivity index (χ3v) is 6.16. The first-order valence-corrected chi connectivity index (χ1v) is 10.0. The Balaban J connectivity index is 1.85. The first-order valence-electron chi connectivity index (χ1n) is 9.23. The number of alkyl halides is 3. The molecule has 3 rings (SSSR count). The number of fused-ring (bicyclic) bond motifs is 1. The monoisotopic (exact) mass is 414 g/mol. The molecule has 1 aromatic carbocycles. The van der Waals surface area contributed by atoms with Crippen molar-refractivity contribution in [2.45, 2.75) is 46.2 Å². The highest BCUT2D eigenvalue weighted by Crippen LogP contribution is 2.36. The van der Waals surface area contributed by atoms with E-state index < -0.39 is 11.9 Å². The highest BCUT2D eigenvalue weighted by Gasteiger charge is 2.32. The molecule has 2 heterocycles. The minimum absolute atomic E-state index is 0.418. The molecule has 6 heteroatoms. The molecule has 0 amide bonds. The van der Waals surface area contributed by atoms with Crippen LogP contribution < -0.4 is 0 Å². The lowest BCUT2D eigenvalue weighted by Crippen LogP contribution is -2.10. The smallest absolute Gasteiger partial charge is 0.248 e. The molecular formula is C23H21F3N2S. The first-order chi connectivity index (χ1) is 13.6. The van der Waals surface area contributed by atoms with Crippen molar-refractivity contribution in [3.8, 4) is 6.07 Å². The second kappa shape index (κ2) is 8.00. The quantitative estimate of drug-likeness (QED) is 0.438. The molecule has 0 aliphatic carbocycles. The fourth-order valence-electron chi connectivity index (χ4n) is 3.60. The Morgan fingerprint density at radius 3 is 2.52 bits per heavy atom. The number of nitriles is 1. The van der Waals surface area contributed by atoms with Gasteiger partial charge in [0.15, 0.2) is 0 Å². The van der Waals surface area contributed by atoms with Crippen LogP contribution in [0.25, 0.3) is 10.1 Å². The first kappa shape index (κ1) is 21.1. The van der Waals surface area contributed by atoms with Crippen LogP contribution in [0.1, 0.15) is 38.5 Å². The van der Waals surface area contributed by atoms with E-state index in [0.717, 1.165) is 34.7 Å². The molecular weight excluding hydrogens is 393 g/mol. The van der Waals surface area contributed by atoms with Gasteiger partial charge in [-0.05, 0) is 73.4 Å². The number of aryl methyl sites for hydroxylation is 5. The molecule has 2 aromatic heterocycles. The fourth-order valence-corrected chi connectivity index (χ4v) is 4.82. The van der Waals surface area contributed by atoms with Gasteiger partial charge in [-0.15, -0.1) is 11.3 Å². The summed E-state index contributed by atoms with van der Waals surface area (Å²) in [4.78, 5) is 4.90. The molecule has 0 bridgehead atoms. The minimum Gasteiger partial charge on any atom is -0.248 e. The Bertz CT molecular complexity index is 1130. The number of pyridine rings is 1. The van der Waals surface area contributed by atoms with Crippen LogP contribution in [-0.2, 0) is 25.4 Å². The van der Waals surface area contributed by atoms with E-state index >= 15 is 0 Å². The van der Waals surface area contributed by atoms with E-state index in [1.807, 2.05) is 0 Å². The number of thiophene rings is 1. The van der Waals surface area contributed by atoms with Crippen molar-refractivity contribution in [3.63, 3.8) is 0 Å². The largest absolute Gasteiger partial charge is 0.433 e. The van der Waals surface area contributed by atoms with Crippen molar-refractivity contribution in [2.75, 3.05) is 0 Å². The van der Waals surface area contributed by atoms with Gasteiger partial charge in [0.2, 0.25) is 0 Å². The minimum atomic E-state index is -4.42. The highest BCUT2D eigenvalue weighted by molar-refractivity contribution is 7.19. The lowest BCUT2D eigenvalue weighted by molar-refractivity contribution is -0.141. The zero-order valence-electron chi connectivity index (χ0n) is 16.6. The van der Waals surface area contributed by atoms with E-state index in [2.05, 4.69) is 43.6 Å². The van der Waals surface area contributed by atoms with E-state index in [0.29, 0.717) is 24.1 Å². The molecule has 29 heavy (non-hydrogen) atoms. The number of allylic oxidation sites excluding steroid dienone is 1. The van der Waals surface area contributed by atoms with E-state index in [1.165, 1.54) is 21.0 Å². The van der Waals surface area contributed by atoms with Gasteiger partial charge >= 0.3 is 6.18 Å². The van der Waals surface area contributed by atoms with Gasteiger partial charge in [-0.2, -0.15) is 18.4 Å². The standard InChI is InChI=1S/C23H21F3N2S/c1-13(12-27)9-19-16(4)29-20-11-17(10-14(2)22(19)20)5-6-18-7-8-21(23(24,25)26)28-15(18)3/h7-8,10-11H,1,5-6,9H2,2-4H3. The van der Waals surface area contributed by atoms with Crippen LogP contribution >= 0.6 is 11.3 Å². The molecule has 0 saturated heterocycles. The Hall–Kier alpha value is -2.65. The number of benzene rings is 1. The molecule has 150 valence electrons. The van der Waals surface area contributed by atoms with Crippen molar-refractivity contribution < 1.29 is 13.2 Å². The maximum atomic E-state index is 12.8. The number of hydrogen-bond donors (Lipinski definition) is 0. The van der Waals surface area contributed by atoms with Crippen LogP contribution in [0.5, 0.6) is 0 Å². The third-order valence-electron chi connectivity index (χ3n) is 5.07. The van der Waals surface area contributed by atoms with Crippen LogP contribution in [0, 0.1) is 32.1 Å². The number of halogens is 3. The lowest BCUT2D eigenvalue weighted by Gasteiger charge is -2.11. The average molecular weight is 414 g/mol. The summed E-state index contributed by atoms with van der Waals surface area (Å²) < 4.78 is 39.6.